The minimum atomic E-state index is -3.24. The molecule has 0 saturated heterocycles. The molecule has 0 aliphatic heterocycles. The van der Waals surface area contributed by atoms with Crippen molar-refractivity contribution < 1.29 is 18.6 Å². The van der Waals surface area contributed by atoms with Crippen molar-refractivity contribution in [2.75, 3.05) is 6.26 Å². The number of hydrogen-bond acceptors (Lipinski definition) is 4. The van der Waals surface area contributed by atoms with Gasteiger partial charge in [-0.1, -0.05) is 0 Å². The molecule has 0 heterocycles. The molecule has 0 spiro atoms. The highest BCUT2D eigenvalue weighted by Gasteiger charge is 2.21. The van der Waals surface area contributed by atoms with Crippen LogP contribution in [0.1, 0.15) is 5.56 Å². The fraction of sp³-hybridized carbons (Fsp3) is 0.250. The van der Waals surface area contributed by atoms with E-state index in [2.05, 4.69) is 47.8 Å². The second kappa shape index (κ2) is 4.83. The second-order valence-electron chi connectivity index (χ2n) is 3.19. The number of hydrogen-bond donors (Lipinski definition) is 2. The van der Waals surface area contributed by atoms with Crippen molar-refractivity contribution in [2.45, 2.75) is 5.75 Å². The molecule has 0 saturated carbocycles. The highest BCUT2D eigenvalue weighted by molar-refractivity contribution is 9.13. The van der Waals surface area contributed by atoms with Crippen LogP contribution in [0.3, 0.4) is 0 Å². The number of sulfone groups is 1. The molecule has 0 amide bonds. The van der Waals surface area contributed by atoms with Gasteiger partial charge < -0.3 is 10.2 Å². The summed E-state index contributed by atoms with van der Waals surface area (Å²) >= 11 is 9.25. The summed E-state index contributed by atoms with van der Waals surface area (Å²) in [6.07, 6.45) is 1.09. The molecule has 1 aromatic carbocycles. The van der Waals surface area contributed by atoms with Crippen LogP contribution in [0.25, 0.3) is 0 Å². The van der Waals surface area contributed by atoms with Crippen LogP contribution in [0.15, 0.2) is 13.4 Å². The summed E-state index contributed by atoms with van der Waals surface area (Å²) in [5, 5.41) is 19.0. The van der Waals surface area contributed by atoms with Gasteiger partial charge in [-0.2, -0.15) is 0 Å². The van der Waals surface area contributed by atoms with E-state index >= 15 is 0 Å². The zero-order valence-corrected chi connectivity index (χ0v) is 13.5. The molecule has 8 heteroatoms. The van der Waals surface area contributed by atoms with Crippen molar-refractivity contribution in [1.29, 1.82) is 0 Å². The smallest absolute Gasteiger partial charge is 0.174 e. The van der Waals surface area contributed by atoms with Crippen molar-refractivity contribution in [1.82, 2.24) is 0 Å². The summed E-state index contributed by atoms with van der Waals surface area (Å²) in [5.74, 6) is -0.995. The van der Waals surface area contributed by atoms with E-state index in [1.807, 2.05) is 0 Å². The second-order valence-corrected chi connectivity index (χ2v) is 7.71. The average molecular weight is 439 g/mol. The first-order valence-electron chi connectivity index (χ1n) is 3.90. The predicted molar refractivity (Wildman–Crippen MR) is 71.4 cm³/mol. The summed E-state index contributed by atoms with van der Waals surface area (Å²) in [6.45, 7) is 0. The van der Waals surface area contributed by atoms with Gasteiger partial charge in [0.1, 0.15) is 0 Å². The molecule has 0 fully saturated rings. The predicted octanol–water partition coefficient (Wildman–Crippen LogP) is 2.93. The molecule has 0 aliphatic rings. The van der Waals surface area contributed by atoms with E-state index in [0.29, 0.717) is 10.0 Å². The van der Waals surface area contributed by atoms with Crippen LogP contribution >= 0.6 is 47.8 Å². The SMILES string of the molecule is CS(=O)(=O)Cc1c(Br)c(O)c(O)c(Br)c1Br. The molecule has 0 aromatic heterocycles. The van der Waals surface area contributed by atoms with Crippen LogP contribution < -0.4 is 0 Å². The lowest BCUT2D eigenvalue weighted by atomic mass is 10.2. The lowest BCUT2D eigenvalue weighted by Crippen LogP contribution is -2.03. The van der Waals surface area contributed by atoms with Crippen molar-refractivity contribution >= 4 is 57.6 Å². The van der Waals surface area contributed by atoms with Gasteiger partial charge in [-0.25, -0.2) is 8.42 Å². The highest BCUT2D eigenvalue weighted by Crippen LogP contribution is 2.47. The molecule has 0 unspecified atom stereocenters. The largest absolute Gasteiger partial charge is 0.503 e. The van der Waals surface area contributed by atoms with E-state index in [4.69, 9.17) is 0 Å². The number of benzene rings is 1. The molecular formula is C8H7Br3O4S. The first-order valence-corrected chi connectivity index (χ1v) is 8.34. The van der Waals surface area contributed by atoms with Crippen LogP contribution in [0, 0.1) is 0 Å². The van der Waals surface area contributed by atoms with Crippen LogP contribution in [-0.2, 0) is 15.6 Å². The standard InChI is InChI=1S/C8H7Br3O4S/c1-16(14,15)2-3-4(9)6(11)8(13)7(12)5(3)10/h12-13H,2H2,1H3. The molecule has 0 aliphatic carbocycles. The molecule has 4 nitrogen and oxygen atoms in total. The van der Waals surface area contributed by atoms with E-state index in [1.54, 1.807) is 0 Å². The van der Waals surface area contributed by atoms with Crippen LogP contribution in [-0.4, -0.2) is 24.9 Å². The number of rotatable bonds is 2. The maximum atomic E-state index is 11.2. The summed E-state index contributed by atoms with van der Waals surface area (Å²) < 4.78 is 23.2. The lowest BCUT2D eigenvalue weighted by Gasteiger charge is -2.12. The molecule has 90 valence electrons. The highest BCUT2D eigenvalue weighted by atomic mass is 79.9. The van der Waals surface area contributed by atoms with Gasteiger partial charge >= 0.3 is 0 Å². The molecule has 2 N–H and O–H groups in total. The number of phenols is 2. The van der Waals surface area contributed by atoms with Crippen LogP contribution in [0.5, 0.6) is 11.5 Å². The van der Waals surface area contributed by atoms with Gasteiger partial charge in [0.05, 0.1) is 14.7 Å². The molecular weight excluding hydrogens is 432 g/mol. The third kappa shape index (κ3) is 2.91. The molecule has 1 aromatic rings. The maximum absolute atomic E-state index is 11.2. The van der Waals surface area contributed by atoms with Crippen molar-refractivity contribution in [3.05, 3.63) is 19.0 Å². The summed E-state index contributed by atoms with van der Waals surface area (Å²) in [5.41, 5.74) is 0.352. The van der Waals surface area contributed by atoms with E-state index in [9.17, 15) is 18.6 Å². The summed E-state index contributed by atoms with van der Waals surface area (Å²) in [4.78, 5) is 0. The van der Waals surface area contributed by atoms with Gasteiger partial charge in [0.15, 0.2) is 21.3 Å². The Hall–Kier alpha value is 0.210. The van der Waals surface area contributed by atoms with Crippen molar-refractivity contribution in [2.24, 2.45) is 0 Å². The Morgan fingerprint density at radius 2 is 1.44 bits per heavy atom. The van der Waals surface area contributed by atoms with Crippen LogP contribution in [0.2, 0.25) is 0 Å². The Morgan fingerprint density at radius 3 is 1.88 bits per heavy atom. The summed E-state index contributed by atoms with van der Waals surface area (Å²) in [7, 11) is -3.24. The molecule has 1 rings (SSSR count). The zero-order chi connectivity index (χ0) is 12.7. The van der Waals surface area contributed by atoms with Crippen LogP contribution in [0.4, 0.5) is 0 Å². The quantitative estimate of drug-likeness (QED) is 0.550. The van der Waals surface area contributed by atoms with Gasteiger partial charge in [0.2, 0.25) is 0 Å². The van der Waals surface area contributed by atoms with Gasteiger partial charge in [-0.05, 0) is 47.8 Å². The monoisotopic (exact) mass is 436 g/mol. The minimum absolute atomic E-state index is 0.158. The summed E-state index contributed by atoms with van der Waals surface area (Å²) in [6, 6.07) is 0. The number of phenolic OH excluding ortho intramolecular Hbond substituents is 2. The molecule has 16 heavy (non-hydrogen) atoms. The third-order valence-corrected chi connectivity index (χ3v) is 5.62. The zero-order valence-electron chi connectivity index (χ0n) is 7.96. The van der Waals surface area contributed by atoms with Crippen molar-refractivity contribution in [3.63, 3.8) is 0 Å². The maximum Gasteiger partial charge on any atom is 0.174 e. The average Bonchev–Trinajstić information content (AvgIpc) is 2.17. The van der Waals surface area contributed by atoms with Gasteiger partial charge in [0.25, 0.3) is 0 Å². The Morgan fingerprint density at radius 1 is 1.00 bits per heavy atom. The fourth-order valence-electron chi connectivity index (χ4n) is 1.07. The number of halogens is 3. The topological polar surface area (TPSA) is 74.6 Å². The van der Waals surface area contributed by atoms with Gasteiger partial charge in [-0.3, -0.25) is 0 Å². The minimum Gasteiger partial charge on any atom is -0.503 e. The van der Waals surface area contributed by atoms with Gasteiger partial charge in [0, 0.05) is 16.3 Å². The third-order valence-electron chi connectivity index (χ3n) is 1.77. The lowest BCUT2D eigenvalue weighted by molar-refractivity contribution is 0.398. The number of aromatic hydroxyl groups is 2. The van der Waals surface area contributed by atoms with E-state index in [0.717, 1.165) is 6.26 Å². The first kappa shape index (κ1) is 14.3. The fourth-order valence-corrected chi connectivity index (χ4v) is 4.00. The Bertz CT molecular complexity index is 510. The Labute approximate surface area is 118 Å². The van der Waals surface area contributed by atoms with E-state index in [-0.39, 0.29) is 20.4 Å². The molecule has 0 bridgehead atoms. The first-order chi connectivity index (χ1) is 7.15. The Kier molecular flexibility index (Phi) is 4.31. The van der Waals surface area contributed by atoms with E-state index in [1.165, 1.54) is 0 Å². The Balaban J connectivity index is 3.52. The van der Waals surface area contributed by atoms with Gasteiger partial charge in [-0.15, -0.1) is 0 Å². The molecule has 0 atom stereocenters. The normalized spacial score (nSPS) is 11.8. The molecule has 0 radical (unpaired) electrons. The van der Waals surface area contributed by atoms with E-state index < -0.39 is 15.6 Å². The van der Waals surface area contributed by atoms with Crippen molar-refractivity contribution in [3.8, 4) is 11.5 Å².